The minimum absolute atomic E-state index is 0. The summed E-state index contributed by atoms with van der Waals surface area (Å²) in [6, 6.07) is -0.0473. The molecule has 4 N–H and O–H groups in total. The fourth-order valence-corrected chi connectivity index (χ4v) is 5.71. The van der Waals surface area contributed by atoms with Gasteiger partial charge in [0.25, 0.3) is 5.91 Å². The Bertz CT molecular complexity index is 594. The van der Waals surface area contributed by atoms with E-state index in [1.54, 1.807) is 0 Å². The molecule has 0 aromatic rings. The van der Waals surface area contributed by atoms with Gasteiger partial charge in [-0.1, -0.05) is 25.7 Å². The van der Waals surface area contributed by atoms with Crippen molar-refractivity contribution in [2.75, 3.05) is 6.54 Å². The van der Waals surface area contributed by atoms with Gasteiger partial charge in [-0.2, -0.15) is 0 Å². The average molecular weight is 399 g/mol. The molecule has 1 aliphatic heterocycles. The Hall–Kier alpha value is -1.34. The van der Waals surface area contributed by atoms with Gasteiger partial charge in [0.05, 0.1) is 0 Å². The maximum Gasteiger partial charge on any atom is 0.325 e. The minimum Gasteiger partial charge on any atom is -0.351 e. The van der Waals surface area contributed by atoms with E-state index < -0.39 is 11.6 Å². The van der Waals surface area contributed by atoms with Crippen LogP contribution in [0.4, 0.5) is 4.79 Å². The fraction of sp³-hybridized carbons (Fsp3) is 0.842. The molecule has 1 heterocycles. The first-order valence-electron chi connectivity index (χ1n) is 10.2. The van der Waals surface area contributed by atoms with Crippen LogP contribution in [0.15, 0.2) is 0 Å². The number of imide groups is 1. The maximum atomic E-state index is 12.8. The number of carbonyl (C=O) groups is 3. The van der Waals surface area contributed by atoms with Crippen LogP contribution in [-0.2, 0) is 9.59 Å². The Morgan fingerprint density at radius 3 is 2.37 bits per heavy atom. The van der Waals surface area contributed by atoms with Crippen LogP contribution in [0.2, 0.25) is 0 Å². The molecule has 0 aromatic carbocycles. The number of fused-ring (bicyclic) bond motifs is 2. The second-order valence-corrected chi connectivity index (χ2v) is 8.74. The van der Waals surface area contributed by atoms with E-state index in [0.717, 1.165) is 49.8 Å². The predicted octanol–water partition coefficient (Wildman–Crippen LogP) is 1.69. The molecule has 0 radical (unpaired) electrons. The lowest BCUT2D eigenvalue weighted by Crippen LogP contribution is -2.55. The molecule has 4 rings (SSSR count). The first kappa shape index (κ1) is 20.4. The third-order valence-electron chi connectivity index (χ3n) is 6.96. The van der Waals surface area contributed by atoms with E-state index in [0.29, 0.717) is 24.7 Å². The highest BCUT2D eigenvalue weighted by Gasteiger charge is 2.51. The second kappa shape index (κ2) is 7.95. The van der Waals surface area contributed by atoms with Crippen LogP contribution in [-0.4, -0.2) is 46.9 Å². The molecule has 1 saturated heterocycles. The molecule has 7 nitrogen and oxygen atoms in total. The first-order valence-corrected chi connectivity index (χ1v) is 10.2. The smallest absolute Gasteiger partial charge is 0.325 e. The van der Waals surface area contributed by atoms with Crippen molar-refractivity contribution in [3.05, 3.63) is 0 Å². The highest BCUT2D eigenvalue weighted by atomic mass is 35.5. The van der Waals surface area contributed by atoms with Gasteiger partial charge in [-0.05, 0) is 50.4 Å². The van der Waals surface area contributed by atoms with Crippen LogP contribution in [0.1, 0.15) is 64.2 Å². The molecule has 2 atom stereocenters. The lowest BCUT2D eigenvalue weighted by atomic mass is 9.67. The van der Waals surface area contributed by atoms with E-state index in [9.17, 15) is 14.4 Å². The molecule has 27 heavy (non-hydrogen) atoms. The third kappa shape index (κ3) is 3.81. The van der Waals surface area contributed by atoms with Crippen molar-refractivity contribution in [2.45, 2.75) is 81.8 Å². The zero-order chi connectivity index (χ0) is 18.3. The Morgan fingerprint density at radius 1 is 1.11 bits per heavy atom. The summed E-state index contributed by atoms with van der Waals surface area (Å²) in [5, 5.41) is 6.00. The van der Waals surface area contributed by atoms with Crippen LogP contribution < -0.4 is 16.4 Å². The summed E-state index contributed by atoms with van der Waals surface area (Å²) in [6.45, 7) is -0.172. The summed E-state index contributed by atoms with van der Waals surface area (Å²) in [5.74, 6) is 0.408. The van der Waals surface area contributed by atoms with Crippen molar-refractivity contribution in [1.82, 2.24) is 15.5 Å². The molecule has 0 aromatic heterocycles. The second-order valence-electron chi connectivity index (χ2n) is 8.74. The molecule has 4 amide bonds. The van der Waals surface area contributed by atoms with Gasteiger partial charge in [-0.3, -0.25) is 14.5 Å². The molecular formula is C19H31ClN4O3. The lowest BCUT2D eigenvalue weighted by Gasteiger charge is -2.45. The molecule has 4 fully saturated rings. The van der Waals surface area contributed by atoms with Gasteiger partial charge in [-0.25, -0.2) is 4.79 Å². The summed E-state index contributed by atoms with van der Waals surface area (Å²) in [6.07, 6.45) is 9.64. The molecule has 4 aliphatic rings. The van der Waals surface area contributed by atoms with Crippen molar-refractivity contribution < 1.29 is 14.4 Å². The van der Waals surface area contributed by atoms with Crippen LogP contribution in [0.25, 0.3) is 0 Å². The summed E-state index contributed by atoms with van der Waals surface area (Å²) >= 11 is 0. The van der Waals surface area contributed by atoms with Crippen molar-refractivity contribution in [1.29, 1.82) is 0 Å². The molecular weight excluding hydrogens is 368 g/mol. The summed E-state index contributed by atoms with van der Waals surface area (Å²) < 4.78 is 0. The van der Waals surface area contributed by atoms with Gasteiger partial charge in [0.2, 0.25) is 5.91 Å². The molecule has 152 valence electrons. The first-order chi connectivity index (χ1) is 12.5. The lowest BCUT2D eigenvalue weighted by molar-refractivity contribution is -0.136. The van der Waals surface area contributed by atoms with E-state index >= 15 is 0 Å². The number of amides is 4. The number of rotatable bonds is 3. The van der Waals surface area contributed by atoms with Gasteiger partial charge in [0.15, 0.2) is 0 Å². The molecule has 2 unspecified atom stereocenters. The van der Waals surface area contributed by atoms with Crippen LogP contribution >= 0.6 is 12.4 Å². The predicted molar refractivity (Wildman–Crippen MR) is 103 cm³/mol. The zero-order valence-electron chi connectivity index (χ0n) is 15.7. The highest BCUT2D eigenvalue weighted by molar-refractivity contribution is 6.09. The summed E-state index contributed by atoms with van der Waals surface area (Å²) in [5.41, 5.74) is 5.39. The topological polar surface area (TPSA) is 105 Å². The van der Waals surface area contributed by atoms with E-state index in [1.165, 1.54) is 6.42 Å². The number of carbonyl (C=O) groups excluding carboxylic acids is 3. The van der Waals surface area contributed by atoms with E-state index in [2.05, 4.69) is 10.6 Å². The number of nitrogens with zero attached hydrogens (tertiary/aromatic N) is 1. The van der Waals surface area contributed by atoms with E-state index in [4.69, 9.17) is 5.73 Å². The van der Waals surface area contributed by atoms with Crippen LogP contribution in [0, 0.1) is 11.8 Å². The molecule has 3 aliphatic carbocycles. The van der Waals surface area contributed by atoms with Gasteiger partial charge in [0.1, 0.15) is 12.1 Å². The van der Waals surface area contributed by atoms with E-state index in [1.807, 2.05) is 0 Å². The highest BCUT2D eigenvalue weighted by Crippen LogP contribution is 2.39. The summed E-state index contributed by atoms with van der Waals surface area (Å²) in [4.78, 5) is 38.9. The monoisotopic (exact) mass is 398 g/mol. The number of urea groups is 1. The third-order valence-corrected chi connectivity index (χ3v) is 6.96. The Kier molecular flexibility index (Phi) is 6.01. The average Bonchev–Trinajstić information content (AvgIpc) is 2.80. The van der Waals surface area contributed by atoms with Crippen molar-refractivity contribution in [2.24, 2.45) is 17.6 Å². The van der Waals surface area contributed by atoms with Crippen molar-refractivity contribution >= 4 is 30.3 Å². The molecule has 1 spiro atoms. The number of hydrogen-bond donors (Lipinski definition) is 3. The number of hydrogen-bond acceptors (Lipinski definition) is 4. The molecule has 8 heteroatoms. The van der Waals surface area contributed by atoms with E-state index in [-0.39, 0.29) is 42.8 Å². The van der Waals surface area contributed by atoms with Crippen molar-refractivity contribution in [3.63, 3.8) is 0 Å². The van der Waals surface area contributed by atoms with Gasteiger partial charge in [0, 0.05) is 12.1 Å². The molecule has 3 saturated carbocycles. The molecule has 2 bridgehead atoms. The van der Waals surface area contributed by atoms with Gasteiger partial charge < -0.3 is 16.4 Å². The Labute approximate surface area is 166 Å². The largest absolute Gasteiger partial charge is 0.351 e. The van der Waals surface area contributed by atoms with Crippen molar-refractivity contribution in [3.8, 4) is 0 Å². The summed E-state index contributed by atoms with van der Waals surface area (Å²) in [7, 11) is 0. The Morgan fingerprint density at radius 2 is 1.74 bits per heavy atom. The fourth-order valence-electron chi connectivity index (χ4n) is 5.71. The minimum atomic E-state index is -0.760. The van der Waals surface area contributed by atoms with Crippen LogP contribution in [0.5, 0.6) is 0 Å². The SMILES string of the molecule is Cl.NC1CC2CCCC(C1)C2NC(=O)CN1C(=O)NC2(CCCCC2)C1=O. The maximum absolute atomic E-state index is 12.8. The number of halogens is 1. The number of nitrogens with two attached hydrogens (primary N) is 1. The standard InChI is InChI=1S/C19H30N4O3.ClH/c20-14-9-12-5-4-6-13(10-14)16(12)21-15(24)11-23-17(25)19(22-18(23)26)7-2-1-3-8-19;/h12-14,16H,1-11,20H2,(H,21,24)(H,22,26);1H. The van der Waals surface area contributed by atoms with Crippen LogP contribution in [0.3, 0.4) is 0 Å². The zero-order valence-corrected chi connectivity index (χ0v) is 16.6. The normalized spacial score (nSPS) is 34.8. The quantitative estimate of drug-likeness (QED) is 0.629. The number of nitrogens with one attached hydrogen (secondary N) is 2. The Balaban J connectivity index is 0.00000210. The van der Waals surface area contributed by atoms with Gasteiger partial charge >= 0.3 is 6.03 Å². The van der Waals surface area contributed by atoms with Gasteiger partial charge in [-0.15, -0.1) is 12.4 Å².